The summed E-state index contributed by atoms with van der Waals surface area (Å²) in [6, 6.07) is 0. The first kappa shape index (κ1) is 19.4. The van der Waals surface area contributed by atoms with E-state index in [9.17, 15) is 5.11 Å². The van der Waals surface area contributed by atoms with Crippen LogP contribution in [0.2, 0.25) is 18.1 Å². The van der Waals surface area contributed by atoms with Crippen molar-refractivity contribution in [1.82, 2.24) is 0 Å². The molecule has 0 aromatic carbocycles. The Labute approximate surface area is 126 Å². The third kappa shape index (κ3) is 6.74. The molecule has 116 valence electrons. The van der Waals surface area contributed by atoms with Gasteiger partial charge in [-0.1, -0.05) is 52.2 Å². The highest BCUT2D eigenvalue weighted by atomic mass is 28.4. The fraction of sp³-hybridized carbons (Fsp3) is 0.765. The molecule has 0 saturated carbocycles. The van der Waals surface area contributed by atoms with Crippen LogP contribution in [0.25, 0.3) is 0 Å². The van der Waals surface area contributed by atoms with E-state index in [0.717, 1.165) is 19.3 Å². The van der Waals surface area contributed by atoms with Gasteiger partial charge in [0, 0.05) is 6.42 Å². The van der Waals surface area contributed by atoms with Crippen LogP contribution in [0, 0.1) is 11.8 Å². The number of hydrogen-bond acceptors (Lipinski definition) is 2. The second kappa shape index (κ2) is 8.66. The molecule has 0 saturated heterocycles. The standard InChI is InChI=1S/C17H32O2Si/c1-8-10-11-12-14-15(18)16(13-9-2)19-20(6,7)17(3,4)5/h9,13,15-16,18H,8,10-11H2,1-7H3/b13-9+/t15-,16+/m1/s1. The van der Waals surface area contributed by atoms with Crippen LogP contribution in [0.1, 0.15) is 53.9 Å². The summed E-state index contributed by atoms with van der Waals surface area (Å²) < 4.78 is 6.26. The van der Waals surface area contributed by atoms with Crippen molar-refractivity contribution in [3.63, 3.8) is 0 Å². The Kier molecular flexibility index (Phi) is 8.42. The molecule has 1 N–H and O–H groups in total. The highest BCUT2D eigenvalue weighted by Gasteiger charge is 2.39. The zero-order valence-electron chi connectivity index (χ0n) is 14.3. The van der Waals surface area contributed by atoms with E-state index in [1.807, 2.05) is 19.1 Å². The van der Waals surface area contributed by atoms with Crippen LogP contribution in [0.15, 0.2) is 12.2 Å². The summed E-state index contributed by atoms with van der Waals surface area (Å²) in [6.07, 6.45) is 5.83. The summed E-state index contributed by atoms with van der Waals surface area (Å²) in [5.41, 5.74) is 0. The van der Waals surface area contributed by atoms with Crippen molar-refractivity contribution in [2.24, 2.45) is 0 Å². The zero-order chi connectivity index (χ0) is 15.8. The molecule has 0 bridgehead atoms. The lowest BCUT2D eigenvalue weighted by atomic mass is 10.2. The maximum atomic E-state index is 10.2. The maximum Gasteiger partial charge on any atom is 0.193 e. The molecule has 0 heterocycles. The fourth-order valence-corrected chi connectivity index (χ4v) is 2.68. The van der Waals surface area contributed by atoms with Gasteiger partial charge in [-0.3, -0.25) is 0 Å². The molecule has 0 aromatic rings. The third-order valence-electron chi connectivity index (χ3n) is 3.84. The van der Waals surface area contributed by atoms with Gasteiger partial charge in [-0.25, -0.2) is 0 Å². The van der Waals surface area contributed by atoms with E-state index in [2.05, 4.69) is 52.6 Å². The van der Waals surface area contributed by atoms with Gasteiger partial charge in [0.1, 0.15) is 12.2 Å². The van der Waals surface area contributed by atoms with Gasteiger partial charge in [0.05, 0.1) is 0 Å². The van der Waals surface area contributed by atoms with Crippen molar-refractivity contribution in [2.75, 3.05) is 0 Å². The van der Waals surface area contributed by atoms with Crippen LogP contribution in [-0.2, 0) is 4.43 Å². The molecule has 0 unspecified atom stereocenters. The molecule has 0 aliphatic rings. The van der Waals surface area contributed by atoms with Gasteiger partial charge >= 0.3 is 0 Å². The second-order valence-electron chi connectivity index (χ2n) is 6.74. The minimum atomic E-state index is -1.90. The molecule has 2 nitrogen and oxygen atoms in total. The number of allylic oxidation sites excluding steroid dienone is 1. The van der Waals surface area contributed by atoms with Crippen LogP contribution in [0.5, 0.6) is 0 Å². The Morgan fingerprint density at radius 2 is 1.90 bits per heavy atom. The topological polar surface area (TPSA) is 29.5 Å². The third-order valence-corrected chi connectivity index (χ3v) is 8.31. The van der Waals surface area contributed by atoms with Gasteiger partial charge in [0.15, 0.2) is 8.32 Å². The van der Waals surface area contributed by atoms with E-state index >= 15 is 0 Å². The fourth-order valence-electron chi connectivity index (χ4n) is 1.44. The summed E-state index contributed by atoms with van der Waals surface area (Å²) in [5, 5.41) is 10.4. The number of unbranched alkanes of at least 4 members (excludes halogenated alkanes) is 2. The maximum absolute atomic E-state index is 10.2. The van der Waals surface area contributed by atoms with Crippen LogP contribution < -0.4 is 0 Å². The molecule has 0 aromatic heterocycles. The summed E-state index contributed by atoms with van der Waals surface area (Å²) in [7, 11) is -1.90. The highest BCUT2D eigenvalue weighted by molar-refractivity contribution is 6.74. The zero-order valence-corrected chi connectivity index (χ0v) is 15.3. The van der Waals surface area contributed by atoms with Gasteiger partial charge in [0.2, 0.25) is 0 Å². The average molecular weight is 297 g/mol. The van der Waals surface area contributed by atoms with Gasteiger partial charge < -0.3 is 9.53 Å². The molecular formula is C17H32O2Si. The number of rotatable bonds is 6. The summed E-state index contributed by atoms with van der Waals surface area (Å²) in [6.45, 7) is 15.1. The Hall–Kier alpha value is -0.563. The van der Waals surface area contributed by atoms with Crippen molar-refractivity contribution in [3.8, 4) is 11.8 Å². The lowest BCUT2D eigenvalue weighted by Gasteiger charge is -2.39. The molecule has 0 amide bonds. The lowest BCUT2D eigenvalue weighted by molar-refractivity contribution is 0.0934. The number of aliphatic hydroxyl groups excluding tert-OH is 1. The minimum absolute atomic E-state index is 0.127. The van der Waals surface area contributed by atoms with Crippen molar-refractivity contribution in [1.29, 1.82) is 0 Å². The molecule has 0 radical (unpaired) electrons. The Balaban J connectivity index is 4.84. The monoisotopic (exact) mass is 296 g/mol. The van der Waals surface area contributed by atoms with Crippen LogP contribution >= 0.6 is 0 Å². The molecule has 0 aliphatic heterocycles. The average Bonchev–Trinajstić information content (AvgIpc) is 2.32. The van der Waals surface area contributed by atoms with Crippen molar-refractivity contribution >= 4 is 8.32 Å². The summed E-state index contributed by atoms with van der Waals surface area (Å²) in [5.74, 6) is 5.98. The lowest BCUT2D eigenvalue weighted by Crippen LogP contribution is -2.46. The number of aliphatic hydroxyl groups is 1. The molecule has 0 aliphatic carbocycles. The first-order valence-corrected chi connectivity index (χ1v) is 10.5. The van der Waals surface area contributed by atoms with Crippen molar-refractivity contribution < 1.29 is 9.53 Å². The Morgan fingerprint density at radius 3 is 2.35 bits per heavy atom. The SMILES string of the molecule is C/C=C/[C@H](O[Si](C)(C)C(C)(C)C)[C@H](O)C#CCCCC. The van der Waals surface area contributed by atoms with E-state index in [-0.39, 0.29) is 11.1 Å². The first-order valence-electron chi connectivity index (χ1n) is 7.62. The van der Waals surface area contributed by atoms with Gasteiger partial charge in [-0.15, -0.1) is 5.92 Å². The second-order valence-corrected chi connectivity index (χ2v) is 11.5. The molecule has 0 spiro atoms. The Bertz CT molecular complexity index is 355. The summed E-state index contributed by atoms with van der Waals surface area (Å²) in [4.78, 5) is 0. The number of hydrogen-bond donors (Lipinski definition) is 1. The summed E-state index contributed by atoms with van der Waals surface area (Å²) >= 11 is 0. The quantitative estimate of drug-likeness (QED) is 0.338. The van der Waals surface area contributed by atoms with E-state index in [1.165, 1.54) is 0 Å². The van der Waals surface area contributed by atoms with E-state index in [4.69, 9.17) is 4.43 Å². The molecule has 2 atom stereocenters. The van der Waals surface area contributed by atoms with Crippen molar-refractivity contribution in [3.05, 3.63) is 12.2 Å². The first-order chi connectivity index (χ1) is 9.15. The molecule has 3 heteroatoms. The van der Waals surface area contributed by atoms with E-state index in [0.29, 0.717) is 0 Å². The molecular weight excluding hydrogens is 264 g/mol. The van der Waals surface area contributed by atoms with Crippen LogP contribution in [0.3, 0.4) is 0 Å². The van der Waals surface area contributed by atoms with Crippen molar-refractivity contribution in [2.45, 2.75) is 84.2 Å². The van der Waals surface area contributed by atoms with Gasteiger partial charge in [0.25, 0.3) is 0 Å². The minimum Gasteiger partial charge on any atom is -0.407 e. The predicted octanol–water partition coefficient (Wildman–Crippen LogP) is 4.51. The van der Waals surface area contributed by atoms with E-state index in [1.54, 1.807) is 0 Å². The molecule has 0 fully saturated rings. The molecule has 0 rings (SSSR count). The van der Waals surface area contributed by atoms with Crippen LogP contribution in [0.4, 0.5) is 0 Å². The molecule has 20 heavy (non-hydrogen) atoms. The van der Waals surface area contributed by atoms with Crippen LogP contribution in [-0.4, -0.2) is 25.6 Å². The smallest absolute Gasteiger partial charge is 0.193 e. The predicted molar refractivity (Wildman–Crippen MR) is 90.2 cm³/mol. The normalized spacial score (nSPS) is 15.8. The Morgan fingerprint density at radius 1 is 1.30 bits per heavy atom. The van der Waals surface area contributed by atoms with Gasteiger partial charge in [-0.05, 0) is 31.5 Å². The largest absolute Gasteiger partial charge is 0.407 e. The van der Waals surface area contributed by atoms with E-state index < -0.39 is 14.4 Å². The van der Waals surface area contributed by atoms with Gasteiger partial charge in [-0.2, -0.15) is 0 Å². The highest BCUT2D eigenvalue weighted by Crippen LogP contribution is 2.37.